The van der Waals surface area contributed by atoms with Gasteiger partial charge < -0.3 is 10.1 Å². The van der Waals surface area contributed by atoms with E-state index in [0.29, 0.717) is 12.1 Å². The lowest BCUT2D eigenvalue weighted by molar-refractivity contribution is 0.0128. The van der Waals surface area contributed by atoms with Crippen molar-refractivity contribution in [2.24, 2.45) is 5.41 Å². The molecule has 0 aliphatic carbocycles. The van der Waals surface area contributed by atoms with Gasteiger partial charge in [-0.3, -0.25) is 0 Å². The zero-order chi connectivity index (χ0) is 12.0. The maximum Gasteiger partial charge on any atom is 0.0699 e. The molecule has 16 heavy (non-hydrogen) atoms. The molecule has 1 rings (SSSR count). The van der Waals surface area contributed by atoms with E-state index in [0.717, 1.165) is 25.5 Å². The summed E-state index contributed by atoms with van der Waals surface area (Å²) in [5.74, 6) is 0.723. The number of rotatable bonds is 5. The van der Waals surface area contributed by atoms with Gasteiger partial charge in [0.25, 0.3) is 0 Å². The molecule has 1 N–H and O–H groups in total. The molecule has 2 unspecified atom stereocenters. The summed E-state index contributed by atoms with van der Waals surface area (Å²) >= 11 is 5.85. The van der Waals surface area contributed by atoms with Gasteiger partial charge in [0, 0.05) is 25.1 Å². The molecule has 0 aromatic carbocycles. The fourth-order valence-electron chi connectivity index (χ4n) is 2.19. The lowest BCUT2D eigenvalue weighted by Gasteiger charge is -2.33. The lowest BCUT2D eigenvalue weighted by atomic mass is 9.85. The van der Waals surface area contributed by atoms with Crippen LogP contribution in [0.3, 0.4) is 0 Å². The Balaban J connectivity index is 2.31. The van der Waals surface area contributed by atoms with Crippen molar-refractivity contribution in [3.8, 4) is 0 Å². The van der Waals surface area contributed by atoms with Crippen LogP contribution in [0.1, 0.15) is 46.5 Å². The highest BCUT2D eigenvalue weighted by atomic mass is 35.5. The molecule has 0 spiro atoms. The molecule has 1 aliphatic rings. The van der Waals surface area contributed by atoms with Crippen LogP contribution in [-0.2, 0) is 4.74 Å². The van der Waals surface area contributed by atoms with Crippen LogP contribution in [0.4, 0.5) is 0 Å². The highest BCUT2D eigenvalue weighted by molar-refractivity contribution is 6.17. The number of hydrogen-bond donors (Lipinski definition) is 1. The van der Waals surface area contributed by atoms with E-state index in [2.05, 4.69) is 26.1 Å². The maximum absolute atomic E-state index is 5.85. The smallest absolute Gasteiger partial charge is 0.0699 e. The summed E-state index contributed by atoms with van der Waals surface area (Å²) in [6.07, 6.45) is 5.17. The van der Waals surface area contributed by atoms with Crippen LogP contribution >= 0.6 is 11.6 Å². The molecule has 0 aromatic heterocycles. The van der Waals surface area contributed by atoms with E-state index in [1.165, 1.54) is 19.3 Å². The standard InChI is InChI=1S/C13H26ClNO/c1-13(2,3)12(7-8-14)15-10-11-6-4-5-9-16-11/h11-12,15H,4-10H2,1-3H3. The largest absolute Gasteiger partial charge is 0.377 e. The first-order valence-corrected chi connectivity index (χ1v) is 6.98. The first kappa shape index (κ1) is 14.3. The summed E-state index contributed by atoms with van der Waals surface area (Å²) < 4.78 is 5.72. The van der Waals surface area contributed by atoms with Gasteiger partial charge >= 0.3 is 0 Å². The van der Waals surface area contributed by atoms with Gasteiger partial charge in [-0.15, -0.1) is 11.6 Å². The van der Waals surface area contributed by atoms with Gasteiger partial charge in [0.2, 0.25) is 0 Å². The minimum absolute atomic E-state index is 0.267. The van der Waals surface area contributed by atoms with Crippen molar-refractivity contribution in [3.05, 3.63) is 0 Å². The second-order valence-electron chi connectivity index (χ2n) is 5.79. The summed E-state index contributed by atoms with van der Waals surface area (Å²) in [6, 6.07) is 0.482. The van der Waals surface area contributed by atoms with Gasteiger partial charge in [-0.2, -0.15) is 0 Å². The Morgan fingerprint density at radius 1 is 1.38 bits per heavy atom. The van der Waals surface area contributed by atoms with Crippen molar-refractivity contribution in [2.45, 2.75) is 58.6 Å². The van der Waals surface area contributed by atoms with Crippen molar-refractivity contribution < 1.29 is 4.74 Å². The van der Waals surface area contributed by atoms with Gasteiger partial charge in [-0.25, -0.2) is 0 Å². The topological polar surface area (TPSA) is 21.3 Å². The minimum Gasteiger partial charge on any atom is -0.377 e. The molecule has 0 bridgehead atoms. The molecule has 3 heteroatoms. The Bertz CT molecular complexity index is 185. The van der Waals surface area contributed by atoms with Crippen molar-refractivity contribution in [3.63, 3.8) is 0 Å². The zero-order valence-electron chi connectivity index (χ0n) is 10.9. The van der Waals surface area contributed by atoms with Gasteiger partial charge in [-0.05, 0) is 31.1 Å². The van der Waals surface area contributed by atoms with E-state index >= 15 is 0 Å². The molecule has 2 nitrogen and oxygen atoms in total. The average Bonchev–Trinajstić information content (AvgIpc) is 2.24. The molecule has 0 saturated carbocycles. The van der Waals surface area contributed by atoms with E-state index in [1.807, 2.05) is 0 Å². The van der Waals surface area contributed by atoms with Crippen LogP contribution < -0.4 is 5.32 Å². The molecular weight excluding hydrogens is 222 g/mol. The Kier molecular flexibility index (Phi) is 6.09. The van der Waals surface area contributed by atoms with E-state index in [9.17, 15) is 0 Å². The number of hydrogen-bond acceptors (Lipinski definition) is 2. The predicted octanol–water partition coefficient (Wildman–Crippen LogP) is 3.19. The highest BCUT2D eigenvalue weighted by Crippen LogP contribution is 2.22. The van der Waals surface area contributed by atoms with Gasteiger partial charge in [-0.1, -0.05) is 20.8 Å². The molecule has 1 aliphatic heterocycles. The monoisotopic (exact) mass is 247 g/mol. The summed E-state index contributed by atoms with van der Waals surface area (Å²) in [5.41, 5.74) is 0.267. The molecule has 1 heterocycles. The van der Waals surface area contributed by atoms with Crippen LogP contribution in [0.5, 0.6) is 0 Å². The SMILES string of the molecule is CC(C)(C)C(CCCl)NCC1CCCCO1. The summed E-state index contributed by atoms with van der Waals surface area (Å²) in [5, 5.41) is 3.62. The van der Waals surface area contributed by atoms with Crippen LogP contribution in [0.15, 0.2) is 0 Å². The third-order valence-corrected chi connectivity index (χ3v) is 3.53. The molecule has 1 fully saturated rings. The fraction of sp³-hybridized carbons (Fsp3) is 1.00. The van der Waals surface area contributed by atoms with Crippen LogP contribution in [0.2, 0.25) is 0 Å². The maximum atomic E-state index is 5.85. The normalized spacial score (nSPS) is 24.4. The van der Waals surface area contributed by atoms with Crippen molar-refractivity contribution in [2.75, 3.05) is 19.0 Å². The number of alkyl halides is 1. The number of halogens is 1. The Labute approximate surface area is 105 Å². The quantitative estimate of drug-likeness (QED) is 0.754. The molecule has 1 saturated heterocycles. The van der Waals surface area contributed by atoms with Crippen LogP contribution in [0.25, 0.3) is 0 Å². The van der Waals surface area contributed by atoms with Gasteiger partial charge in [0.1, 0.15) is 0 Å². The Morgan fingerprint density at radius 2 is 2.12 bits per heavy atom. The summed E-state index contributed by atoms with van der Waals surface area (Å²) in [7, 11) is 0. The third kappa shape index (κ3) is 5.03. The molecule has 0 amide bonds. The van der Waals surface area contributed by atoms with Crippen LogP contribution in [-0.4, -0.2) is 31.2 Å². The lowest BCUT2D eigenvalue weighted by Crippen LogP contribution is -2.45. The molecule has 96 valence electrons. The van der Waals surface area contributed by atoms with Gasteiger partial charge in [0.05, 0.1) is 6.10 Å². The van der Waals surface area contributed by atoms with Crippen molar-refractivity contribution in [1.29, 1.82) is 0 Å². The second kappa shape index (κ2) is 6.83. The molecule has 2 atom stereocenters. The Morgan fingerprint density at radius 3 is 2.62 bits per heavy atom. The van der Waals surface area contributed by atoms with Crippen LogP contribution in [0, 0.1) is 5.41 Å². The third-order valence-electron chi connectivity index (χ3n) is 3.31. The second-order valence-corrected chi connectivity index (χ2v) is 6.17. The summed E-state index contributed by atoms with van der Waals surface area (Å²) in [6.45, 7) is 8.69. The fourth-order valence-corrected chi connectivity index (χ4v) is 2.41. The van der Waals surface area contributed by atoms with E-state index in [1.54, 1.807) is 0 Å². The summed E-state index contributed by atoms with van der Waals surface area (Å²) in [4.78, 5) is 0. The van der Waals surface area contributed by atoms with Gasteiger partial charge in [0.15, 0.2) is 0 Å². The van der Waals surface area contributed by atoms with Crippen molar-refractivity contribution in [1.82, 2.24) is 5.32 Å². The average molecular weight is 248 g/mol. The number of nitrogens with one attached hydrogen (secondary N) is 1. The zero-order valence-corrected chi connectivity index (χ0v) is 11.6. The Hall–Kier alpha value is 0.210. The number of ether oxygens (including phenoxy) is 1. The first-order valence-electron chi connectivity index (χ1n) is 6.45. The van der Waals surface area contributed by atoms with Crippen molar-refractivity contribution >= 4 is 11.6 Å². The van der Waals surface area contributed by atoms with E-state index in [-0.39, 0.29) is 5.41 Å². The molecule has 0 aromatic rings. The molecular formula is C13H26ClNO. The molecule has 0 radical (unpaired) electrons. The van der Waals surface area contributed by atoms with E-state index < -0.39 is 0 Å². The highest BCUT2D eigenvalue weighted by Gasteiger charge is 2.25. The minimum atomic E-state index is 0.267. The first-order chi connectivity index (χ1) is 7.54. The predicted molar refractivity (Wildman–Crippen MR) is 70.2 cm³/mol. The van der Waals surface area contributed by atoms with E-state index in [4.69, 9.17) is 16.3 Å².